The predicted octanol–water partition coefficient (Wildman–Crippen LogP) is 8.49. The number of thioether (sulfide) groups is 1. The molecular formula is C36H33N3O4S2. The number of benzene rings is 4. The normalized spacial score (nSPS) is 16.0. The molecule has 5 aromatic rings. The summed E-state index contributed by atoms with van der Waals surface area (Å²) < 4.78 is 6.68. The molecule has 1 atom stereocenters. The van der Waals surface area contributed by atoms with Crippen LogP contribution in [0.25, 0.3) is 16.5 Å². The first-order valence-electron chi connectivity index (χ1n) is 15.0. The zero-order valence-electron chi connectivity index (χ0n) is 25.1. The first kappa shape index (κ1) is 30.6. The van der Waals surface area contributed by atoms with Gasteiger partial charge in [0.15, 0.2) is 4.34 Å². The molecule has 4 aromatic carbocycles. The Hall–Kier alpha value is -4.47. The first-order valence-corrected chi connectivity index (χ1v) is 16.8. The minimum absolute atomic E-state index is 0.00662. The molecule has 1 aliphatic heterocycles. The molecular weight excluding hydrogens is 603 g/mol. The van der Waals surface area contributed by atoms with Crippen LogP contribution in [0, 0.1) is 6.92 Å². The van der Waals surface area contributed by atoms with Gasteiger partial charge < -0.3 is 9.84 Å². The Morgan fingerprint density at radius 2 is 1.73 bits per heavy atom. The van der Waals surface area contributed by atoms with Crippen molar-refractivity contribution in [1.82, 2.24) is 10.2 Å². The second-order valence-corrected chi connectivity index (χ2v) is 13.1. The lowest BCUT2D eigenvalue weighted by molar-refractivity contribution is -0.132. The minimum atomic E-state index is -0.908. The van der Waals surface area contributed by atoms with Gasteiger partial charge in [-0.3, -0.25) is 14.5 Å². The summed E-state index contributed by atoms with van der Waals surface area (Å²) in [5.41, 5.74) is 3.28. The minimum Gasteiger partial charge on any atom is -0.507 e. The molecule has 1 aromatic heterocycles. The van der Waals surface area contributed by atoms with Crippen LogP contribution in [0.5, 0.6) is 5.75 Å². The number of anilines is 1. The Morgan fingerprint density at radius 1 is 0.956 bits per heavy atom. The Labute approximate surface area is 270 Å². The zero-order chi connectivity index (χ0) is 31.3. The molecule has 45 heavy (non-hydrogen) atoms. The van der Waals surface area contributed by atoms with Crippen LogP contribution >= 0.6 is 23.1 Å². The molecule has 0 radical (unpaired) electrons. The summed E-state index contributed by atoms with van der Waals surface area (Å²) in [6.45, 7) is 4.65. The van der Waals surface area contributed by atoms with Crippen molar-refractivity contribution in [2.45, 2.75) is 49.2 Å². The van der Waals surface area contributed by atoms with Crippen LogP contribution in [0.4, 0.5) is 5.13 Å². The third kappa shape index (κ3) is 6.50. The third-order valence-corrected chi connectivity index (χ3v) is 9.90. The van der Waals surface area contributed by atoms with E-state index in [4.69, 9.17) is 4.74 Å². The fourth-order valence-corrected chi connectivity index (χ4v) is 7.32. The van der Waals surface area contributed by atoms with E-state index in [1.807, 2.05) is 61.5 Å². The number of nitrogens with zero attached hydrogens (tertiary/aromatic N) is 3. The molecule has 6 rings (SSSR count). The highest BCUT2D eigenvalue weighted by molar-refractivity contribution is 8.00. The number of rotatable bonds is 11. The fraction of sp³-hybridized carbons (Fsp3) is 0.222. The van der Waals surface area contributed by atoms with Gasteiger partial charge in [0.1, 0.15) is 11.5 Å². The van der Waals surface area contributed by atoms with Crippen molar-refractivity contribution in [2.75, 3.05) is 11.5 Å². The number of aromatic nitrogens is 2. The van der Waals surface area contributed by atoms with Crippen molar-refractivity contribution in [3.05, 3.63) is 119 Å². The molecule has 1 unspecified atom stereocenters. The highest BCUT2D eigenvalue weighted by atomic mass is 32.2. The monoisotopic (exact) mass is 635 g/mol. The zero-order valence-corrected chi connectivity index (χ0v) is 26.7. The molecule has 1 fully saturated rings. The Balaban J connectivity index is 1.35. The van der Waals surface area contributed by atoms with Crippen LogP contribution in [-0.2, 0) is 15.3 Å². The quantitative estimate of drug-likeness (QED) is 0.0389. The number of hydrogen-bond acceptors (Lipinski definition) is 8. The number of aliphatic hydroxyl groups excluding tert-OH is 1. The third-order valence-electron chi connectivity index (χ3n) is 7.79. The highest BCUT2D eigenvalue weighted by Gasteiger charge is 2.48. The molecule has 7 nitrogen and oxygen atoms in total. The summed E-state index contributed by atoms with van der Waals surface area (Å²) in [6.07, 6.45) is 3.08. The molecule has 9 heteroatoms. The maximum absolute atomic E-state index is 13.7. The number of unbranched alkanes of at least 4 members (excludes halogenated alkanes) is 2. The van der Waals surface area contributed by atoms with Gasteiger partial charge in [0.25, 0.3) is 5.78 Å². The van der Waals surface area contributed by atoms with E-state index in [9.17, 15) is 14.7 Å². The lowest BCUT2D eigenvalue weighted by atomic mass is 9.95. The van der Waals surface area contributed by atoms with E-state index in [2.05, 4.69) is 41.4 Å². The van der Waals surface area contributed by atoms with Crippen LogP contribution in [0.2, 0.25) is 0 Å². The number of fused-ring (bicyclic) bond motifs is 1. The van der Waals surface area contributed by atoms with Crippen molar-refractivity contribution >= 4 is 56.5 Å². The number of carbonyl (C=O) groups is 2. The van der Waals surface area contributed by atoms with Gasteiger partial charge in [0.05, 0.1) is 18.2 Å². The van der Waals surface area contributed by atoms with Gasteiger partial charge in [-0.05, 0) is 47.4 Å². The van der Waals surface area contributed by atoms with Crippen LogP contribution < -0.4 is 9.64 Å². The van der Waals surface area contributed by atoms with Gasteiger partial charge in [-0.15, -0.1) is 10.2 Å². The van der Waals surface area contributed by atoms with E-state index >= 15 is 0 Å². The number of aliphatic hydroxyl groups is 1. The number of aryl methyl sites for hydroxylation is 1. The molecule has 1 aliphatic rings. The van der Waals surface area contributed by atoms with Crippen molar-refractivity contribution in [3.63, 3.8) is 0 Å². The number of ketones is 1. The molecule has 1 amide bonds. The standard InChI is InChI=1S/C36H33N3O4S2/c1-3-4-7-20-43-28-14-9-12-26(21-28)31-30(32(40)25-18-16-23(2)17-19-25)33(41)34(42)39(31)35-37-38-36(45-35)44-22-27-13-8-11-24-10-5-6-15-29(24)27/h5-6,8-19,21,31,40H,3-4,7,20,22H2,1-2H3/b32-30+. The number of hydrogen-bond donors (Lipinski definition) is 1. The second kappa shape index (κ2) is 13.7. The average Bonchev–Trinajstić information content (AvgIpc) is 3.63. The number of carbonyl (C=O) groups excluding carboxylic acids is 2. The van der Waals surface area contributed by atoms with Gasteiger partial charge in [-0.1, -0.05) is 127 Å². The van der Waals surface area contributed by atoms with Gasteiger partial charge in [0, 0.05) is 11.3 Å². The van der Waals surface area contributed by atoms with E-state index < -0.39 is 17.7 Å². The van der Waals surface area contributed by atoms with Crippen LogP contribution in [-0.4, -0.2) is 33.6 Å². The van der Waals surface area contributed by atoms with Gasteiger partial charge in [0.2, 0.25) is 5.13 Å². The Morgan fingerprint density at radius 3 is 2.56 bits per heavy atom. The van der Waals surface area contributed by atoms with Crippen molar-refractivity contribution in [1.29, 1.82) is 0 Å². The molecule has 228 valence electrons. The predicted molar refractivity (Wildman–Crippen MR) is 181 cm³/mol. The van der Waals surface area contributed by atoms with E-state index in [-0.39, 0.29) is 11.3 Å². The fourth-order valence-electron chi connectivity index (χ4n) is 5.44. The van der Waals surface area contributed by atoms with Crippen molar-refractivity contribution in [2.24, 2.45) is 0 Å². The smallest absolute Gasteiger partial charge is 0.301 e. The topological polar surface area (TPSA) is 92.6 Å². The Kier molecular flexibility index (Phi) is 9.28. The van der Waals surface area contributed by atoms with Gasteiger partial charge in [-0.25, -0.2) is 0 Å². The van der Waals surface area contributed by atoms with E-state index in [0.717, 1.165) is 24.8 Å². The summed E-state index contributed by atoms with van der Waals surface area (Å²) in [5.74, 6) is -0.459. The lowest BCUT2D eigenvalue weighted by Crippen LogP contribution is -2.29. The van der Waals surface area contributed by atoms with E-state index in [1.165, 1.54) is 44.3 Å². The Bertz CT molecular complexity index is 1880. The SMILES string of the molecule is CCCCCOc1cccc(C2/C(=C(\O)c3ccc(C)cc3)C(=O)C(=O)N2c2nnc(SCc3cccc4ccccc34)s2)c1. The second-order valence-electron chi connectivity index (χ2n) is 10.9. The van der Waals surface area contributed by atoms with Crippen LogP contribution in [0.1, 0.15) is 54.5 Å². The van der Waals surface area contributed by atoms with Crippen LogP contribution in [0.15, 0.2) is 101 Å². The largest absolute Gasteiger partial charge is 0.507 e. The molecule has 0 spiro atoms. The molecule has 1 saturated heterocycles. The van der Waals surface area contributed by atoms with Crippen molar-refractivity contribution in [3.8, 4) is 5.75 Å². The number of Topliss-reactive ketones (excluding diaryl/α,β-unsaturated/α-hetero) is 1. The van der Waals surface area contributed by atoms with Crippen LogP contribution in [0.3, 0.4) is 0 Å². The summed E-state index contributed by atoms with van der Waals surface area (Å²) in [4.78, 5) is 28.7. The average molecular weight is 636 g/mol. The maximum atomic E-state index is 13.7. The number of ether oxygens (including phenoxy) is 1. The maximum Gasteiger partial charge on any atom is 0.301 e. The summed E-state index contributed by atoms with van der Waals surface area (Å²) in [5, 5.41) is 22.9. The van der Waals surface area contributed by atoms with Gasteiger partial charge in [-0.2, -0.15) is 0 Å². The number of amides is 1. The lowest BCUT2D eigenvalue weighted by Gasteiger charge is -2.23. The summed E-state index contributed by atoms with van der Waals surface area (Å²) in [7, 11) is 0. The molecule has 0 bridgehead atoms. The highest BCUT2D eigenvalue weighted by Crippen LogP contribution is 2.44. The molecule has 1 N–H and O–H groups in total. The van der Waals surface area contributed by atoms with E-state index in [0.29, 0.717) is 38.7 Å². The molecule has 0 aliphatic carbocycles. The van der Waals surface area contributed by atoms with E-state index in [1.54, 1.807) is 12.1 Å². The molecule has 2 heterocycles. The van der Waals surface area contributed by atoms with Crippen molar-refractivity contribution < 1.29 is 19.4 Å². The first-order chi connectivity index (χ1) is 21.9. The van der Waals surface area contributed by atoms with Gasteiger partial charge >= 0.3 is 5.91 Å². The summed E-state index contributed by atoms with van der Waals surface area (Å²) in [6, 6.07) is 28.1. The molecule has 0 saturated carbocycles. The summed E-state index contributed by atoms with van der Waals surface area (Å²) >= 11 is 2.78.